The first-order valence-corrected chi connectivity index (χ1v) is 6.55. The number of hydrogen-bond donors (Lipinski definition) is 2. The number of ketones is 1. The second kappa shape index (κ2) is 6.85. The van der Waals surface area contributed by atoms with E-state index in [2.05, 4.69) is 22.1 Å². The van der Waals surface area contributed by atoms with Crippen LogP contribution in [0.15, 0.2) is 42.9 Å². The number of aromatic amines is 1. The number of rotatable bonds is 7. The van der Waals surface area contributed by atoms with Crippen molar-refractivity contribution in [3.8, 4) is 0 Å². The molecule has 1 heterocycles. The topological polar surface area (TPSA) is 71.8 Å². The molecule has 100 valence electrons. The second-order valence-electron chi connectivity index (χ2n) is 4.69. The van der Waals surface area contributed by atoms with Crippen LogP contribution in [0.5, 0.6) is 0 Å². The summed E-state index contributed by atoms with van der Waals surface area (Å²) in [5.41, 5.74) is 8.06. The summed E-state index contributed by atoms with van der Waals surface area (Å²) in [4.78, 5) is 18.8. The molecule has 2 aromatic rings. The van der Waals surface area contributed by atoms with E-state index in [9.17, 15) is 4.79 Å². The van der Waals surface area contributed by atoms with Gasteiger partial charge in [-0.05, 0) is 18.4 Å². The van der Waals surface area contributed by atoms with Gasteiger partial charge < -0.3 is 10.7 Å². The van der Waals surface area contributed by atoms with Crippen molar-refractivity contribution >= 4 is 5.78 Å². The van der Waals surface area contributed by atoms with Gasteiger partial charge in [-0.25, -0.2) is 4.98 Å². The van der Waals surface area contributed by atoms with Gasteiger partial charge in [0.2, 0.25) is 0 Å². The van der Waals surface area contributed by atoms with Crippen molar-refractivity contribution in [3.05, 3.63) is 54.1 Å². The van der Waals surface area contributed by atoms with Crippen molar-refractivity contribution in [2.75, 3.05) is 0 Å². The zero-order valence-electron chi connectivity index (χ0n) is 10.9. The molecule has 0 fully saturated rings. The number of nitrogens with one attached hydrogen (secondary N) is 1. The molecule has 0 amide bonds. The molecule has 0 unspecified atom stereocenters. The molecule has 0 aliphatic carbocycles. The maximum absolute atomic E-state index is 11.9. The van der Waals surface area contributed by atoms with Gasteiger partial charge in [0.15, 0.2) is 0 Å². The van der Waals surface area contributed by atoms with Gasteiger partial charge in [-0.2, -0.15) is 0 Å². The van der Waals surface area contributed by atoms with E-state index in [-0.39, 0.29) is 5.78 Å². The van der Waals surface area contributed by atoms with E-state index in [1.807, 2.05) is 18.2 Å². The Hall–Kier alpha value is -1.94. The number of nitrogens with zero attached hydrogens (tertiary/aromatic N) is 1. The first kappa shape index (κ1) is 13.5. The lowest BCUT2D eigenvalue weighted by atomic mass is 10.0. The molecule has 0 spiro atoms. The van der Waals surface area contributed by atoms with Crippen LogP contribution >= 0.6 is 0 Å². The predicted octanol–water partition coefficient (Wildman–Crippen LogP) is 1.87. The SMILES string of the molecule is N[C@@H](Cc1cnc[nH]1)C(=O)CCCc1ccccc1. The molecule has 0 aliphatic heterocycles. The van der Waals surface area contributed by atoms with Crippen LogP contribution in [0.3, 0.4) is 0 Å². The lowest BCUT2D eigenvalue weighted by molar-refractivity contribution is -0.120. The quantitative estimate of drug-likeness (QED) is 0.795. The smallest absolute Gasteiger partial charge is 0.149 e. The van der Waals surface area contributed by atoms with E-state index >= 15 is 0 Å². The third-order valence-corrected chi connectivity index (χ3v) is 3.14. The molecule has 4 nitrogen and oxygen atoms in total. The van der Waals surface area contributed by atoms with Crippen molar-refractivity contribution in [3.63, 3.8) is 0 Å². The number of hydrogen-bond acceptors (Lipinski definition) is 3. The lowest BCUT2D eigenvalue weighted by Gasteiger charge is -2.09. The zero-order valence-corrected chi connectivity index (χ0v) is 10.9. The van der Waals surface area contributed by atoms with Gasteiger partial charge in [0.1, 0.15) is 5.78 Å². The summed E-state index contributed by atoms with van der Waals surface area (Å²) in [6, 6.07) is 9.75. The number of imidazole rings is 1. The highest BCUT2D eigenvalue weighted by molar-refractivity contribution is 5.83. The average molecular weight is 257 g/mol. The van der Waals surface area contributed by atoms with Gasteiger partial charge in [0, 0.05) is 24.7 Å². The molecule has 1 aromatic heterocycles. The molecule has 0 saturated carbocycles. The molecule has 2 rings (SSSR count). The highest BCUT2D eigenvalue weighted by atomic mass is 16.1. The molecular weight excluding hydrogens is 238 g/mol. The largest absolute Gasteiger partial charge is 0.348 e. The molecule has 1 aromatic carbocycles. The van der Waals surface area contributed by atoms with Gasteiger partial charge in [0.05, 0.1) is 12.4 Å². The Bertz CT molecular complexity index is 493. The normalized spacial score (nSPS) is 12.3. The van der Waals surface area contributed by atoms with E-state index in [1.165, 1.54) is 5.56 Å². The fourth-order valence-electron chi connectivity index (χ4n) is 2.04. The standard InChI is InChI=1S/C15H19N3O/c16-14(9-13-10-17-11-18-13)15(19)8-4-7-12-5-2-1-3-6-12/h1-3,5-6,10-11,14H,4,7-9,16H2,(H,17,18)/t14-/m0/s1. The van der Waals surface area contributed by atoms with Crippen LogP contribution in [0, 0.1) is 0 Å². The van der Waals surface area contributed by atoms with Crippen molar-refractivity contribution in [1.29, 1.82) is 0 Å². The first-order chi connectivity index (χ1) is 9.25. The molecule has 0 aliphatic rings. The summed E-state index contributed by atoms with van der Waals surface area (Å²) in [6.45, 7) is 0. The van der Waals surface area contributed by atoms with Crippen LogP contribution in [0.4, 0.5) is 0 Å². The number of carbonyl (C=O) groups excluding carboxylic acids is 1. The third kappa shape index (κ3) is 4.34. The maximum Gasteiger partial charge on any atom is 0.149 e. The van der Waals surface area contributed by atoms with E-state index < -0.39 is 6.04 Å². The summed E-state index contributed by atoms with van der Waals surface area (Å²) in [5.74, 6) is 0.116. The zero-order chi connectivity index (χ0) is 13.5. The minimum absolute atomic E-state index is 0.116. The Morgan fingerprint density at radius 2 is 2.11 bits per heavy atom. The number of H-pyrrole nitrogens is 1. The van der Waals surface area contributed by atoms with Crippen LogP contribution < -0.4 is 5.73 Å². The Morgan fingerprint density at radius 1 is 1.32 bits per heavy atom. The highest BCUT2D eigenvalue weighted by Gasteiger charge is 2.14. The lowest BCUT2D eigenvalue weighted by Crippen LogP contribution is -2.32. The summed E-state index contributed by atoms with van der Waals surface area (Å²) >= 11 is 0. The summed E-state index contributed by atoms with van der Waals surface area (Å²) in [7, 11) is 0. The van der Waals surface area contributed by atoms with E-state index in [4.69, 9.17) is 5.73 Å². The van der Waals surface area contributed by atoms with Gasteiger partial charge in [-0.15, -0.1) is 0 Å². The third-order valence-electron chi connectivity index (χ3n) is 3.14. The van der Waals surface area contributed by atoms with Gasteiger partial charge in [-0.3, -0.25) is 4.79 Å². The number of nitrogens with two attached hydrogens (primary N) is 1. The Kier molecular flexibility index (Phi) is 4.86. The number of benzene rings is 1. The highest BCUT2D eigenvalue weighted by Crippen LogP contribution is 2.07. The second-order valence-corrected chi connectivity index (χ2v) is 4.69. The summed E-state index contributed by atoms with van der Waals surface area (Å²) < 4.78 is 0. The Balaban J connectivity index is 1.72. The first-order valence-electron chi connectivity index (χ1n) is 6.55. The molecular formula is C15H19N3O. The van der Waals surface area contributed by atoms with Crippen LogP contribution in [-0.4, -0.2) is 21.8 Å². The number of aromatic nitrogens is 2. The summed E-state index contributed by atoms with van der Waals surface area (Å²) in [6.07, 6.45) is 6.14. The van der Waals surface area contributed by atoms with Gasteiger partial charge in [-0.1, -0.05) is 30.3 Å². The minimum atomic E-state index is -0.434. The predicted molar refractivity (Wildman–Crippen MR) is 74.7 cm³/mol. The van der Waals surface area contributed by atoms with Crippen molar-refractivity contribution in [2.45, 2.75) is 31.7 Å². The van der Waals surface area contributed by atoms with Gasteiger partial charge >= 0.3 is 0 Å². The molecule has 19 heavy (non-hydrogen) atoms. The van der Waals surface area contributed by atoms with Crippen molar-refractivity contribution in [2.24, 2.45) is 5.73 Å². The van der Waals surface area contributed by atoms with Crippen LogP contribution in [-0.2, 0) is 17.6 Å². The number of carbonyl (C=O) groups is 1. The van der Waals surface area contributed by atoms with Crippen molar-refractivity contribution < 1.29 is 4.79 Å². The number of Topliss-reactive ketones (excluding diaryl/α,β-unsaturated/α-hetero) is 1. The molecule has 1 atom stereocenters. The minimum Gasteiger partial charge on any atom is -0.348 e. The van der Waals surface area contributed by atoms with Crippen LogP contribution in [0.25, 0.3) is 0 Å². The summed E-state index contributed by atoms with van der Waals surface area (Å²) in [5, 5.41) is 0. The fraction of sp³-hybridized carbons (Fsp3) is 0.333. The average Bonchev–Trinajstić information content (AvgIpc) is 2.92. The van der Waals surface area contributed by atoms with E-state index in [1.54, 1.807) is 12.5 Å². The molecule has 0 saturated heterocycles. The molecule has 0 bridgehead atoms. The Labute approximate surface area is 113 Å². The molecule has 4 heteroatoms. The van der Waals surface area contributed by atoms with Crippen LogP contribution in [0.2, 0.25) is 0 Å². The van der Waals surface area contributed by atoms with Gasteiger partial charge in [0.25, 0.3) is 0 Å². The van der Waals surface area contributed by atoms with E-state index in [0.717, 1.165) is 18.5 Å². The van der Waals surface area contributed by atoms with E-state index in [0.29, 0.717) is 12.8 Å². The monoisotopic (exact) mass is 257 g/mol. The maximum atomic E-state index is 11.9. The van der Waals surface area contributed by atoms with Crippen molar-refractivity contribution in [1.82, 2.24) is 9.97 Å². The fourth-order valence-corrected chi connectivity index (χ4v) is 2.04. The molecule has 0 radical (unpaired) electrons. The number of aryl methyl sites for hydroxylation is 1. The Morgan fingerprint density at radius 3 is 2.79 bits per heavy atom. The van der Waals surface area contributed by atoms with Crippen LogP contribution in [0.1, 0.15) is 24.1 Å². The molecule has 3 N–H and O–H groups in total.